The van der Waals surface area contributed by atoms with Gasteiger partial charge in [-0.2, -0.15) is 0 Å². The van der Waals surface area contributed by atoms with Gasteiger partial charge in [-0.15, -0.1) is 0 Å². The van der Waals surface area contributed by atoms with Gasteiger partial charge in [-0.25, -0.2) is 4.79 Å². The quantitative estimate of drug-likeness (QED) is 0.900. The number of para-hydroxylation sites is 1. The van der Waals surface area contributed by atoms with Crippen molar-refractivity contribution in [2.24, 2.45) is 11.3 Å². The summed E-state index contributed by atoms with van der Waals surface area (Å²) < 4.78 is 5.78. The average Bonchev–Trinajstić information content (AvgIpc) is 3.07. The maximum Gasteiger partial charge on any atom is 0.315 e. The Balaban J connectivity index is 1.32. The molecule has 2 amide bonds. The Morgan fingerprint density at radius 3 is 3.04 bits per heavy atom. The first-order valence-electron chi connectivity index (χ1n) is 9.06. The number of amides is 2. The molecule has 1 aliphatic heterocycles. The van der Waals surface area contributed by atoms with E-state index in [0.717, 1.165) is 35.9 Å². The summed E-state index contributed by atoms with van der Waals surface area (Å²) in [7, 11) is 0. The van der Waals surface area contributed by atoms with E-state index in [2.05, 4.69) is 47.7 Å². The van der Waals surface area contributed by atoms with Crippen molar-refractivity contribution in [3.63, 3.8) is 0 Å². The van der Waals surface area contributed by atoms with Crippen molar-refractivity contribution in [3.8, 4) is 0 Å². The van der Waals surface area contributed by atoms with E-state index in [9.17, 15) is 4.79 Å². The summed E-state index contributed by atoms with van der Waals surface area (Å²) in [5.41, 5.74) is 2.18. The first-order chi connectivity index (χ1) is 12.1. The lowest BCUT2D eigenvalue weighted by atomic mass is 9.57. The van der Waals surface area contributed by atoms with Gasteiger partial charge in [0.15, 0.2) is 0 Å². The number of hydrogen-bond acceptors (Lipinski definition) is 3. The molecular formula is C20H25N3O2. The summed E-state index contributed by atoms with van der Waals surface area (Å²) in [5, 5.41) is 7.28. The summed E-state index contributed by atoms with van der Waals surface area (Å²) >= 11 is 0. The van der Waals surface area contributed by atoms with E-state index in [0.29, 0.717) is 18.6 Å². The van der Waals surface area contributed by atoms with E-state index in [4.69, 9.17) is 4.74 Å². The highest BCUT2D eigenvalue weighted by Gasteiger charge is 2.59. The standard InChI is InChI=1S/C20H25N3O2/c1-20(2)17(15-9-12-25-18(15)20)23-19(24)22-11-8-14-6-3-5-13-7-4-10-21-16(13)14/h3-7,10,15,17-18H,8-9,11-12H2,1-2H3,(H2,22,23,24). The number of nitrogens with zero attached hydrogens (tertiary/aromatic N) is 1. The van der Waals surface area contributed by atoms with Gasteiger partial charge in [0, 0.05) is 42.1 Å². The molecule has 2 aromatic rings. The van der Waals surface area contributed by atoms with Crippen molar-refractivity contribution in [2.75, 3.05) is 13.2 Å². The molecule has 25 heavy (non-hydrogen) atoms. The SMILES string of the molecule is CC1(C)C(NC(=O)NCCc2cccc3cccnc23)C2CCOC21. The summed E-state index contributed by atoms with van der Waals surface area (Å²) in [6.45, 7) is 5.75. The van der Waals surface area contributed by atoms with E-state index in [-0.39, 0.29) is 17.5 Å². The maximum atomic E-state index is 12.3. The van der Waals surface area contributed by atoms with Gasteiger partial charge in [0.2, 0.25) is 0 Å². The number of ether oxygens (including phenoxy) is 1. The zero-order valence-electron chi connectivity index (χ0n) is 14.8. The molecule has 5 heteroatoms. The summed E-state index contributed by atoms with van der Waals surface area (Å²) in [5.74, 6) is 0.461. The molecule has 3 atom stereocenters. The zero-order valence-corrected chi connectivity index (χ0v) is 14.8. The number of urea groups is 1. The lowest BCUT2D eigenvalue weighted by molar-refractivity contribution is -0.108. The Hall–Kier alpha value is -2.14. The molecule has 5 nitrogen and oxygen atoms in total. The minimum Gasteiger partial charge on any atom is -0.377 e. The van der Waals surface area contributed by atoms with Crippen LogP contribution in [0.4, 0.5) is 4.79 Å². The van der Waals surface area contributed by atoms with Crippen molar-refractivity contribution in [2.45, 2.75) is 38.8 Å². The molecule has 4 rings (SSSR count). The van der Waals surface area contributed by atoms with Gasteiger partial charge in [-0.3, -0.25) is 4.98 Å². The lowest BCUT2D eigenvalue weighted by Crippen LogP contribution is -2.67. The van der Waals surface area contributed by atoms with E-state index in [1.165, 1.54) is 0 Å². The largest absolute Gasteiger partial charge is 0.377 e. The van der Waals surface area contributed by atoms with Crippen LogP contribution in [0.25, 0.3) is 10.9 Å². The van der Waals surface area contributed by atoms with Crippen LogP contribution in [0.3, 0.4) is 0 Å². The Kier molecular flexibility index (Phi) is 4.12. The van der Waals surface area contributed by atoms with Crippen LogP contribution >= 0.6 is 0 Å². The second-order valence-corrected chi connectivity index (χ2v) is 7.69. The minimum atomic E-state index is -0.0865. The number of aromatic nitrogens is 1. The van der Waals surface area contributed by atoms with Crippen molar-refractivity contribution >= 4 is 16.9 Å². The Morgan fingerprint density at radius 1 is 1.32 bits per heavy atom. The Labute approximate surface area is 148 Å². The topological polar surface area (TPSA) is 63.2 Å². The molecule has 2 aliphatic rings. The fourth-order valence-corrected chi connectivity index (χ4v) is 4.49. The summed E-state index contributed by atoms with van der Waals surface area (Å²) in [4.78, 5) is 16.8. The molecule has 132 valence electrons. The summed E-state index contributed by atoms with van der Waals surface area (Å²) in [6.07, 6.45) is 3.91. The number of benzene rings is 1. The number of nitrogens with one attached hydrogen (secondary N) is 2. The number of carbonyl (C=O) groups excluding carboxylic acids is 1. The van der Waals surface area contributed by atoms with Crippen molar-refractivity contribution in [1.29, 1.82) is 0 Å². The smallest absolute Gasteiger partial charge is 0.315 e. The van der Waals surface area contributed by atoms with Crippen LogP contribution in [-0.2, 0) is 11.2 Å². The molecule has 3 unspecified atom stereocenters. The van der Waals surface area contributed by atoms with Gasteiger partial charge in [-0.1, -0.05) is 38.1 Å². The third kappa shape index (κ3) is 2.86. The van der Waals surface area contributed by atoms with Gasteiger partial charge in [-0.05, 0) is 24.5 Å². The molecule has 1 saturated carbocycles. The zero-order chi connectivity index (χ0) is 17.4. The van der Waals surface area contributed by atoms with Crippen LogP contribution in [0, 0.1) is 11.3 Å². The fourth-order valence-electron chi connectivity index (χ4n) is 4.49. The highest BCUT2D eigenvalue weighted by molar-refractivity contribution is 5.81. The van der Waals surface area contributed by atoms with E-state index in [1.54, 1.807) is 0 Å². The molecule has 1 aromatic carbocycles. The highest BCUT2D eigenvalue weighted by Crippen LogP contribution is 2.52. The second kappa shape index (κ2) is 6.30. The first-order valence-corrected chi connectivity index (χ1v) is 9.06. The van der Waals surface area contributed by atoms with Crippen LogP contribution in [0.1, 0.15) is 25.8 Å². The van der Waals surface area contributed by atoms with Crippen molar-refractivity contribution < 1.29 is 9.53 Å². The third-order valence-corrected chi connectivity index (χ3v) is 5.78. The van der Waals surface area contributed by atoms with Gasteiger partial charge < -0.3 is 15.4 Å². The molecule has 0 spiro atoms. The molecule has 1 aromatic heterocycles. The second-order valence-electron chi connectivity index (χ2n) is 7.69. The van der Waals surface area contributed by atoms with Gasteiger partial charge >= 0.3 is 6.03 Å². The van der Waals surface area contributed by atoms with Crippen LogP contribution in [0.15, 0.2) is 36.5 Å². The Morgan fingerprint density at radius 2 is 2.16 bits per heavy atom. The maximum absolute atomic E-state index is 12.3. The Bertz CT molecular complexity index is 784. The molecule has 1 aliphatic carbocycles. The van der Waals surface area contributed by atoms with E-state index in [1.807, 2.05) is 18.3 Å². The highest BCUT2D eigenvalue weighted by atomic mass is 16.5. The fraction of sp³-hybridized carbons (Fsp3) is 0.500. The molecule has 1 saturated heterocycles. The van der Waals surface area contributed by atoms with Crippen molar-refractivity contribution in [3.05, 3.63) is 42.1 Å². The number of rotatable bonds is 4. The number of hydrogen-bond donors (Lipinski definition) is 2. The van der Waals surface area contributed by atoms with Gasteiger partial charge in [0.1, 0.15) is 0 Å². The average molecular weight is 339 g/mol. The molecule has 0 radical (unpaired) electrons. The number of carbonyl (C=O) groups is 1. The van der Waals surface area contributed by atoms with Gasteiger partial charge in [0.05, 0.1) is 11.6 Å². The minimum absolute atomic E-state index is 0.0120. The predicted octanol–water partition coefficient (Wildman–Crippen LogP) is 2.89. The number of pyridine rings is 1. The lowest BCUT2D eigenvalue weighted by Gasteiger charge is -2.54. The van der Waals surface area contributed by atoms with Gasteiger partial charge in [0.25, 0.3) is 0 Å². The van der Waals surface area contributed by atoms with Crippen LogP contribution < -0.4 is 10.6 Å². The molecule has 2 fully saturated rings. The number of fused-ring (bicyclic) bond motifs is 2. The molecular weight excluding hydrogens is 314 g/mol. The molecule has 2 N–H and O–H groups in total. The predicted molar refractivity (Wildman–Crippen MR) is 97.4 cm³/mol. The monoisotopic (exact) mass is 339 g/mol. The first kappa shape index (κ1) is 16.3. The summed E-state index contributed by atoms with van der Waals surface area (Å²) in [6, 6.07) is 10.3. The van der Waals surface area contributed by atoms with Crippen molar-refractivity contribution in [1.82, 2.24) is 15.6 Å². The van der Waals surface area contributed by atoms with Crippen LogP contribution in [-0.4, -0.2) is 36.3 Å². The van der Waals surface area contributed by atoms with E-state index >= 15 is 0 Å². The normalized spacial score (nSPS) is 26.7. The third-order valence-electron chi connectivity index (χ3n) is 5.78. The molecule has 2 heterocycles. The molecule has 0 bridgehead atoms. The van der Waals surface area contributed by atoms with E-state index < -0.39 is 0 Å². The van der Waals surface area contributed by atoms with Crippen LogP contribution in [0.5, 0.6) is 0 Å². The van der Waals surface area contributed by atoms with Crippen LogP contribution in [0.2, 0.25) is 0 Å².